The highest BCUT2D eigenvalue weighted by atomic mass is 16.5. The Bertz CT molecular complexity index is 419. The molecular weight excluding hydrogens is 234 g/mol. The van der Waals surface area contributed by atoms with Crippen LogP contribution in [0.4, 0.5) is 5.69 Å². The van der Waals surface area contributed by atoms with Crippen LogP contribution in [0.3, 0.4) is 0 Å². The number of aryl methyl sites for hydroxylation is 1. The van der Waals surface area contributed by atoms with Crippen LogP contribution in [0.25, 0.3) is 0 Å². The number of hydrogen-bond acceptors (Lipinski definition) is 5. The van der Waals surface area contributed by atoms with Crippen molar-refractivity contribution >= 4 is 11.7 Å². The molecule has 0 aromatic heterocycles. The summed E-state index contributed by atoms with van der Waals surface area (Å²) >= 11 is 0. The van der Waals surface area contributed by atoms with Gasteiger partial charge in [-0.1, -0.05) is 17.7 Å². The van der Waals surface area contributed by atoms with E-state index in [9.17, 15) is 15.0 Å². The minimum Gasteiger partial charge on any atom is -0.466 e. The number of ether oxygens (including phenoxy) is 1. The van der Waals surface area contributed by atoms with Crippen molar-refractivity contribution in [3.8, 4) is 0 Å². The van der Waals surface area contributed by atoms with E-state index in [0.29, 0.717) is 11.3 Å². The number of esters is 1. The number of anilines is 1. The van der Waals surface area contributed by atoms with Gasteiger partial charge in [0.25, 0.3) is 0 Å². The van der Waals surface area contributed by atoms with Gasteiger partial charge in [-0.25, -0.2) is 0 Å². The highest BCUT2D eigenvalue weighted by Gasteiger charge is 2.23. The Morgan fingerprint density at radius 3 is 2.72 bits per heavy atom. The molecule has 0 amide bonds. The molecule has 1 rings (SSSR count). The van der Waals surface area contributed by atoms with Crippen LogP contribution in [0, 0.1) is 6.92 Å². The molecule has 0 heterocycles. The number of benzene rings is 1. The van der Waals surface area contributed by atoms with Gasteiger partial charge in [0.15, 0.2) is 0 Å². The molecule has 0 aliphatic rings. The van der Waals surface area contributed by atoms with E-state index in [1.807, 2.05) is 13.0 Å². The summed E-state index contributed by atoms with van der Waals surface area (Å²) in [5.74, 6) is -0.546. The topological polar surface area (TPSA) is 92.8 Å². The van der Waals surface area contributed by atoms with Crippen molar-refractivity contribution in [2.24, 2.45) is 0 Å². The van der Waals surface area contributed by atoms with Crippen LogP contribution >= 0.6 is 0 Å². The van der Waals surface area contributed by atoms with E-state index in [1.54, 1.807) is 19.1 Å². The second-order valence-corrected chi connectivity index (χ2v) is 4.15. The highest BCUT2D eigenvalue weighted by Crippen LogP contribution is 2.25. The first kappa shape index (κ1) is 14.5. The van der Waals surface area contributed by atoms with E-state index < -0.39 is 18.2 Å². The van der Waals surface area contributed by atoms with Gasteiger partial charge >= 0.3 is 5.97 Å². The lowest BCUT2D eigenvalue weighted by molar-refractivity contribution is -0.147. The lowest BCUT2D eigenvalue weighted by Crippen LogP contribution is -2.24. The number of nitrogens with two attached hydrogens (primary N) is 1. The van der Waals surface area contributed by atoms with Gasteiger partial charge < -0.3 is 20.7 Å². The predicted octanol–water partition coefficient (Wildman–Crippen LogP) is 0.925. The van der Waals surface area contributed by atoms with E-state index in [1.165, 1.54) is 0 Å². The van der Waals surface area contributed by atoms with Crippen molar-refractivity contribution < 1.29 is 19.7 Å². The van der Waals surface area contributed by atoms with Gasteiger partial charge in [0.1, 0.15) is 6.10 Å². The molecular formula is C13H19NO4. The summed E-state index contributed by atoms with van der Waals surface area (Å²) in [5, 5.41) is 19.8. The summed E-state index contributed by atoms with van der Waals surface area (Å²) in [5.41, 5.74) is 7.46. The maximum Gasteiger partial charge on any atom is 0.308 e. The van der Waals surface area contributed by atoms with E-state index in [-0.39, 0.29) is 13.0 Å². The van der Waals surface area contributed by atoms with E-state index >= 15 is 0 Å². The molecule has 4 N–H and O–H groups in total. The first-order valence-corrected chi connectivity index (χ1v) is 5.83. The molecule has 1 aromatic rings. The molecule has 2 unspecified atom stereocenters. The third kappa shape index (κ3) is 3.72. The number of carbonyl (C=O) groups is 1. The van der Waals surface area contributed by atoms with Crippen molar-refractivity contribution in [3.63, 3.8) is 0 Å². The van der Waals surface area contributed by atoms with Crippen LogP contribution in [-0.2, 0) is 9.53 Å². The average molecular weight is 253 g/mol. The summed E-state index contributed by atoms with van der Waals surface area (Å²) in [6, 6.07) is 5.16. The standard InChI is InChI=1S/C13H19NO4/c1-3-18-12(16)7-11(15)13(17)9-6-8(2)4-5-10(9)14/h4-6,11,13,15,17H,3,7,14H2,1-2H3. The molecule has 2 atom stereocenters. The first-order valence-electron chi connectivity index (χ1n) is 5.83. The SMILES string of the molecule is CCOC(=O)CC(O)C(O)c1cc(C)ccc1N. The summed E-state index contributed by atoms with van der Waals surface area (Å²) in [6.07, 6.45) is -2.69. The van der Waals surface area contributed by atoms with E-state index in [2.05, 4.69) is 0 Å². The van der Waals surface area contributed by atoms with Gasteiger partial charge in [-0.15, -0.1) is 0 Å². The van der Waals surface area contributed by atoms with Gasteiger partial charge in [-0.2, -0.15) is 0 Å². The van der Waals surface area contributed by atoms with Crippen molar-refractivity contribution in [1.29, 1.82) is 0 Å². The van der Waals surface area contributed by atoms with Gasteiger partial charge in [-0.05, 0) is 19.9 Å². The summed E-state index contributed by atoms with van der Waals surface area (Å²) in [4.78, 5) is 11.2. The third-order valence-electron chi connectivity index (χ3n) is 2.61. The maximum absolute atomic E-state index is 11.2. The minimum absolute atomic E-state index is 0.244. The number of nitrogen functional groups attached to an aromatic ring is 1. The molecule has 18 heavy (non-hydrogen) atoms. The smallest absolute Gasteiger partial charge is 0.308 e. The van der Waals surface area contributed by atoms with Crippen LogP contribution in [0.1, 0.15) is 30.6 Å². The summed E-state index contributed by atoms with van der Waals surface area (Å²) < 4.78 is 4.71. The van der Waals surface area contributed by atoms with Crippen molar-refractivity contribution in [3.05, 3.63) is 29.3 Å². The zero-order chi connectivity index (χ0) is 13.7. The normalized spacial score (nSPS) is 14.0. The molecule has 0 fully saturated rings. The monoisotopic (exact) mass is 253 g/mol. The van der Waals surface area contributed by atoms with Crippen LogP contribution in [-0.4, -0.2) is 28.9 Å². The quantitative estimate of drug-likeness (QED) is 0.536. The molecule has 5 heteroatoms. The number of hydrogen-bond donors (Lipinski definition) is 3. The van der Waals surface area contributed by atoms with Crippen molar-refractivity contribution in [2.45, 2.75) is 32.5 Å². The molecule has 0 radical (unpaired) electrons. The molecule has 0 aliphatic carbocycles. The second-order valence-electron chi connectivity index (χ2n) is 4.15. The van der Waals surface area contributed by atoms with Gasteiger partial charge in [0.2, 0.25) is 0 Å². The van der Waals surface area contributed by atoms with Crippen molar-refractivity contribution in [1.82, 2.24) is 0 Å². The zero-order valence-electron chi connectivity index (χ0n) is 10.6. The van der Waals surface area contributed by atoms with Crippen LogP contribution < -0.4 is 5.73 Å². The second kappa shape index (κ2) is 6.37. The van der Waals surface area contributed by atoms with Crippen LogP contribution in [0.15, 0.2) is 18.2 Å². The Hall–Kier alpha value is -1.59. The first-order chi connectivity index (χ1) is 8.45. The lowest BCUT2D eigenvalue weighted by Gasteiger charge is -2.19. The van der Waals surface area contributed by atoms with E-state index in [0.717, 1.165) is 5.56 Å². The Labute approximate surface area is 106 Å². The molecule has 0 aliphatic heterocycles. The number of carbonyl (C=O) groups excluding carboxylic acids is 1. The maximum atomic E-state index is 11.2. The molecule has 0 spiro atoms. The zero-order valence-corrected chi connectivity index (χ0v) is 10.6. The minimum atomic E-state index is -1.23. The fraction of sp³-hybridized carbons (Fsp3) is 0.462. The lowest BCUT2D eigenvalue weighted by atomic mass is 9.99. The number of aliphatic hydroxyl groups is 2. The summed E-state index contributed by atoms with van der Waals surface area (Å²) in [7, 11) is 0. The molecule has 0 saturated heterocycles. The van der Waals surface area contributed by atoms with Crippen LogP contribution in [0.5, 0.6) is 0 Å². The fourth-order valence-corrected chi connectivity index (χ4v) is 1.66. The predicted molar refractivity (Wildman–Crippen MR) is 67.8 cm³/mol. The number of aliphatic hydroxyl groups excluding tert-OH is 2. The van der Waals surface area contributed by atoms with Crippen molar-refractivity contribution in [2.75, 3.05) is 12.3 Å². The largest absolute Gasteiger partial charge is 0.466 e. The molecule has 100 valence electrons. The highest BCUT2D eigenvalue weighted by molar-refractivity contribution is 5.70. The average Bonchev–Trinajstić information content (AvgIpc) is 2.31. The summed E-state index contributed by atoms with van der Waals surface area (Å²) in [6.45, 7) is 3.78. The van der Waals surface area contributed by atoms with Gasteiger partial charge in [-0.3, -0.25) is 4.79 Å². The fourth-order valence-electron chi connectivity index (χ4n) is 1.66. The van der Waals surface area contributed by atoms with Gasteiger partial charge in [0.05, 0.1) is 19.1 Å². The Kier molecular flexibility index (Phi) is 5.12. The molecule has 0 saturated carbocycles. The Balaban J connectivity index is 2.76. The third-order valence-corrected chi connectivity index (χ3v) is 2.61. The van der Waals surface area contributed by atoms with E-state index in [4.69, 9.17) is 10.5 Å². The Morgan fingerprint density at radius 2 is 2.11 bits per heavy atom. The molecule has 0 bridgehead atoms. The van der Waals surface area contributed by atoms with Crippen LogP contribution in [0.2, 0.25) is 0 Å². The Morgan fingerprint density at radius 1 is 1.44 bits per heavy atom. The molecule has 1 aromatic carbocycles. The van der Waals surface area contributed by atoms with Gasteiger partial charge in [0, 0.05) is 11.3 Å². The number of rotatable bonds is 5. The molecule has 5 nitrogen and oxygen atoms in total.